The minimum Gasteiger partial charge on any atom is -0.475 e. The summed E-state index contributed by atoms with van der Waals surface area (Å²) in [6.45, 7) is 2.10. The van der Waals surface area contributed by atoms with Gasteiger partial charge >= 0.3 is 0 Å². The fourth-order valence-corrected chi connectivity index (χ4v) is 0.974. The molecule has 1 aromatic heterocycles. The Balaban J connectivity index is 2.81. The Labute approximate surface area is 76.8 Å². The summed E-state index contributed by atoms with van der Waals surface area (Å²) in [4.78, 5) is 7.94. The van der Waals surface area contributed by atoms with Crippen molar-refractivity contribution in [3.63, 3.8) is 0 Å². The summed E-state index contributed by atoms with van der Waals surface area (Å²) in [5, 5.41) is 11.5. The number of rotatable bonds is 4. The van der Waals surface area contributed by atoms with Gasteiger partial charge in [0, 0.05) is 7.05 Å². The van der Waals surface area contributed by atoms with Gasteiger partial charge in [0.15, 0.2) is 0 Å². The van der Waals surface area contributed by atoms with E-state index in [1.807, 2.05) is 6.92 Å². The fourth-order valence-electron chi connectivity index (χ4n) is 0.974. The number of hydrogen-bond acceptors (Lipinski definition) is 5. The van der Waals surface area contributed by atoms with Gasteiger partial charge < -0.3 is 15.2 Å². The monoisotopic (exact) mass is 183 g/mol. The Kier molecular flexibility index (Phi) is 3.45. The van der Waals surface area contributed by atoms with Crippen molar-refractivity contribution in [1.29, 1.82) is 0 Å². The number of nitrogens with one attached hydrogen (secondary N) is 1. The fraction of sp³-hybridized carbons (Fsp3) is 0.500. The molecule has 0 aromatic carbocycles. The second-order valence-electron chi connectivity index (χ2n) is 2.47. The molecule has 5 heteroatoms. The molecule has 0 aliphatic rings. The van der Waals surface area contributed by atoms with Crippen LogP contribution in [0.1, 0.15) is 5.56 Å². The van der Waals surface area contributed by atoms with Gasteiger partial charge in [-0.05, 0) is 6.92 Å². The third-order valence-corrected chi connectivity index (χ3v) is 1.60. The molecule has 1 aromatic rings. The zero-order valence-electron chi connectivity index (χ0n) is 7.74. The number of anilines is 1. The van der Waals surface area contributed by atoms with Crippen LogP contribution in [0, 0.1) is 6.92 Å². The van der Waals surface area contributed by atoms with E-state index >= 15 is 0 Å². The molecule has 0 saturated carbocycles. The highest BCUT2D eigenvalue weighted by Gasteiger charge is 2.05. The van der Waals surface area contributed by atoms with Crippen LogP contribution in [0.15, 0.2) is 6.33 Å². The molecule has 0 aliphatic heterocycles. The molecule has 0 radical (unpaired) electrons. The van der Waals surface area contributed by atoms with E-state index in [2.05, 4.69) is 15.3 Å². The lowest BCUT2D eigenvalue weighted by atomic mass is 10.3. The van der Waals surface area contributed by atoms with Crippen molar-refractivity contribution in [2.75, 3.05) is 25.6 Å². The topological polar surface area (TPSA) is 67.3 Å². The molecule has 0 atom stereocenters. The van der Waals surface area contributed by atoms with Gasteiger partial charge in [-0.15, -0.1) is 0 Å². The Morgan fingerprint density at radius 1 is 1.54 bits per heavy atom. The van der Waals surface area contributed by atoms with Crippen molar-refractivity contribution in [2.24, 2.45) is 0 Å². The maximum absolute atomic E-state index is 8.56. The van der Waals surface area contributed by atoms with Crippen LogP contribution < -0.4 is 10.1 Å². The highest BCUT2D eigenvalue weighted by Crippen LogP contribution is 2.19. The van der Waals surface area contributed by atoms with Crippen LogP contribution in [0.25, 0.3) is 0 Å². The maximum Gasteiger partial charge on any atom is 0.221 e. The minimum absolute atomic E-state index is 0.0155. The SMILES string of the molecule is CNc1ncnc(OCCO)c1C. The van der Waals surface area contributed by atoms with Gasteiger partial charge in [0.25, 0.3) is 0 Å². The van der Waals surface area contributed by atoms with E-state index in [1.54, 1.807) is 7.05 Å². The smallest absolute Gasteiger partial charge is 0.221 e. The Hall–Kier alpha value is -1.36. The summed E-state index contributed by atoms with van der Waals surface area (Å²) in [6, 6.07) is 0. The lowest BCUT2D eigenvalue weighted by molar-refractivity contribution is 0.196. The molecule has 1 rings (SSSR count). The number of hydrogen-bond donors (Lipinski definition) is 2. The first kappa shape index (κ1) is 9.73. The molecule has 13 heavy (non-hydrogen) atoms. The molecule has 0 spiro atoms. The number of ether oxygens (including phenoxy) is 1. The molecule has 5 nitrogen and oxygen atoms in total. The molecular weight excluding hydrogens is 170 g/mol. The van der Waals surface area contributed by atoms with Crippen LogP contribution in [0.4, 0.5) is 5.82 Å². The van der Waals surface area contributed by atoms with Crippen LogP contribution >= 0.6 is 0 Å². The second kappa shape index (κ2) is 4.61. The van der Waals surface area contributed by atoms with Gasteiger partial charge in [-0.1, -0.05) is 0 Å². The predicted molar refractivity (Wildman–Crippen MR) is 48.9 cm³/mol. The van der Waals surface area contributed by atoms with E-state index in [0.29, 0.717) is 5.88 Å². The number of aromatic nitrogens is 2. The predicted octanol–water partition coefficient (Wildman–Crippen LogP) is 0.198. The van der Waals surface area contributed by atoms with Gasteiger partial charge in [0.05, 0.1) is 12.2 Å². The van der Waals surface area contributed by atoms with Crippen LogP contribution in [-0.4, -0.2) is 35.3 Å². The average molecular weight is 183 g/mol. The van der Waals surface area contributed by atoms with Gasteiger partial charge in [-0.2, -0.15) is 0 Å². The van der Waals surface area contributed by atoms with Gasteiger partial charge in [-0.25, -0.2) is 9.97 Å². The first-order valence-electron chi connectivity index (χ1n) is 4.02. The Morgan fingerprint density at radius 3 is 2.92 bits per heavy atom. The lowest BCUT2D eigenvalue weighted by Crippen LogP contribution is -2.06. The van der Waals surface area contributed by atoms with Gasteiger partial charge in [0.2, 0.25) is 5.88 Å². The second-order valence-corrected chi connectivity index (χ2v) is 2.47. The summed E-state index contributed by atoms with van der Waals surface area (Å²) < 4.78 is 5.19. The molecule has 0 fully saturated rings. The maximum atomic E-state index is 8.56. The first-order valence-corrected chi connectivity index (χ1v) is 4.02. The quantitative estimate of drug-likeness (QED) is 0.697. The van der Waals surface area contributed by atoms with Gasteiger partial charge in [-0.3, -0.25) is 0 Å². The normalized spacial score (nSPS) is 9.77. The van der Waals surface area contributed by atoms with Crippen LogP contribution in [0.3, 0.4) is 0 Å². The van der Waals surface area contributed by atoms with E-state index in [-0.39, 0.29) is 13.2 Å². The summed E-state index contributed by atoms with van der Waals surface area (Å²) in [5.74, 6) is 1.25. The number of aliphatic hydroxyl groups excluding tert-OH is 1. The lowest BCUT2D eigenvalue weighted by Gasteiger charge is -2.08. The van der Waals surface area contributed by atoms with Crippen LogP contribution in [0.2, 0.25) is 0 Å². The third kappa shape index (κ3) is 2.29. The molecule has 0 amide bonds. The summed E-state index contributed by atoms with van der Waals surface area (Å²) in [7, 11) is 1.78. The zero-order valence-corrected chi connectivity index (χ0v) is 7.74. The standard InChI is InChI=1S/C8H13N3O2/c1-6-7(9-2)10-5-11-8(6)13-4-3-12/h5,12H,3-4H2,1-2H3,(H,9,10,11). The van der Waals surface area contributed by atoms with Crippen molar-refractivity contribution < 1.29 is 9.84 Å². The van der Waals surface area contributed by atoms with E-state index in [0.717, 1.165) is 11.4 Å². The molecule has 0 aliphatic carbocycles. The van der Waals surface area contributed by atoms with E-state index < -0.39 is 0 Å². The first-order chi connectivity index (χ1) is 6.29. The van der Waals surface area contributed by atoms with E-state index in [4.69, 9.17) is 9.84 Å². The molecular formula is C8H13N3O2. The van der Waals surface area contributed by atoms with Crippen molar-refractivity contribution in [2.45, 2.75) is 6.92 Å². The van der Waals surface area contributed by atoms with Crippen molar-refractivity contribution >= 4 is 5.82 Å². The largest absolute Gasteiger partial charge is 0.475 e. The number of nitrogens with zero attached hydrogens (tertiary/aromatic N) is 2. The van der Waals surface area contributed by atoms with Crippen LogP contribution in [-0.2, 0) is 0 Å². The van der Waals surface area contributed by atoms with Gasteiger partial charge in [0.1, 0.15) is 18.8 Å². The molecule has 0 bridgehead atoms. The molecule has 72 valence electrons. The van der Waals surface area contributed by atoms with Crippen molar-refractivity contribution in [3.05, 3.63) is 11.9 Å². The molecule has 0 saturated heterocycles. The zero-order chi connectivity index (χ0) is 9.68. The Bertz CT molecular complexity index is 278. The third-order valence-electron chi connectivity index (χ3n) is 1.60. The van der Waals surface area contributed by atoms with Crippen molar-refractivity contribution in [3.8, 4) is 5.88 Å². The molecule has 0 unspecified atom stereocenters. The summed E-state index contributed by atoms with van der Waals surface area (Å²) in [6.07, 6.45) is 1.42. The number of aliphatic hydroxyl groups is 1. The Morgan fingerprint density at radius 2 is 2.31 bits per heavy atom. The summed E-state index contributed by atoms with van der Waals surface area (Å²) >= 11 is 0. The average Bonchev–Trinajstić information content (AvgIpc) is 2.16. The van der Waals surface area contributed by atoms with E-state index in [9.17, 15) is 0 Å². The van der Waals surface area contributed by atoms with Crippen molar-refractivity contribution in [1.82, 2.24) is 9.97 Å². The minimum atomic E-state index is -0.0155. The summed E-state index contributed by atoms with van der Waals surface area (Å²) in [5.41, 5.74) is 0.846. The van der Waals surface area contributed by atoms with Crippen LogP contribution in [0.5, 0.6) is 5.88 Å². The highest BCUT2D eigenvalue weighted by molar-refractivity contribution is 5.46. The highest BCUT2D eigenvalue weighted by atomic mass is 16.5. The molecule has 2 N–H and O–H groups in total. The van der Waals surface area contributed by atoms with E-state index in [1.165, 1.54) is 6.33 Å². The molecule has 1 heterocycles.